The summed E-state index contributed by atoms with van der Waals surface area (Å²) >= 11 is 0. The molecule has 0 radical (unpaired) electrons. The molecule has 0 saturated heterocycles. The zero-order chi connectivity index (χ0) is 25.6. The van der Waals surface area contributed by atoms with Crippen molar-refractivity contribution in [3.63, 3.8) is 0 Å². The van der Waals surface area contributed by atoms with Gasteiger partial charge in [0.15, 0.2) is 0 Å². The Labute approximate surface area is 217 Å². The molecule has 1 heterocycles. The van der Waals surface area contributed by atoms with Gasteiger partial charge in [0.05, 0.1) is 5.56 Å². The monoisotopic (exact) mass is 490 g/mol. The van der Waals surface area contributed by atoms with Crippen molar-refractivity contribution in [2.75, 3.05) is 0 Å². The van der Waals surface area contributed by atoms with Crippen molar-refractivity contribution in [3.8, 4) is 34.0 Å². The van der Waals surface area contributed by atoms with Crippen LogP contribution in [-0.2, 0) is 10.2 Å². The summed E-state index contributed by atoms with van der Waals surface area (Å²) in [6.45, 7) is 6.57. The lowest BCUT2D eigenvalue weighted by Crippen LogP contribution is -2.22. The smallest absolute Gasteiger partial charge is 0.338 e. The first kappa shape index (κ1) is 23.4. The molecule has 3 unspecified atom stereocenters. The fourth-order valence-corrected chi connectivity index (χ4v) is 5.24. The van der Waals surface area contributed by atoms with E-state index in [0.717, 1.165) is 35.1 Å². The molecule has 1 fully saturated rings. The molecule has 1 saturated carbocycles. The van der Waals surface area contributed by atoms with Crippen molar-refractivity contribution in [1.82, 2.24) is 10.2 Å². The Bertz CT molecular complexity index is 1440. The lowest BCUT2D eigenvalue weighted by Gasteiger charge is -2.18. The average Bonchev–Trinajstić information content (AvgIpc) is 3.66. The second-order valence-corrected chi connectivity index (χ2v) is 11.1. The summed E-state index contributed by atoms with van der Waals surface area (Å²) in [7, 11) is 0. The van der Waals surface area contributed by atoms with Crippen LogP contribution in [0.3, 0.4) is 0 Å². The number of aromatic nitrogens is 2. The maximum absolute atomic E-state index is 12.6. The number of ether oxygens (including phenoxy) is 1. The number of fused-ring (bicyclic) bond motifs is 2. The fraction of sp³-hybridized carbons (Fsp3) is 0.281. The summed E-state index contributed by atoms with van der Waals surface area (Å²) in [4.78, 5) is 12.6. The molecule has 0 amide bonds. The summed E-state index contributed by atoms with van der Waals surface area (Å²) in [6.07, 6.45) is 6.52. The third kappa shape index (κ3) is 4.74. The van der Waals surface area contributed by atoms with Gasteiger partial charge in [0.2, 0.25) is 11.8 Å². The molecule has 186 valence electrons. The molecule has 3 aromatic carbocycles. The Morgan fingerprint density at radius 3 is 1.81 bits per heavy atom. The first-order chi connectivity index (χ1) is 17.8. The van der Waals surface area contributed by atoms with Gasteiger partial charge in [-0.1, -0.05) is 69.3 Å². The third-order valence-corrected chi connectivity index (χ3v) is 7.49. The second kappa shape index (κ2) is 9.15. The predicted octanol–water partition coefficient (Wildman–Crippen LogP) is 7.49. The molecule has 37 heavy (non-hydrogen) atoms. The lowest BCUT2D eigenvalue weighted by molar-refractivity contribution is 0.0242. The molecule has 0 spiro atoms. The number of carbonyl (C=O) groups is 1. The van der Waals surface area contributed by atoms with E-state index in [2.05, 4.69) is 55.3 Å². The number of esters is 1. The van der Waals surface area contributed by atoms with E-state index in [4.69, 9.17) is 9.15 Å². The maximum Gasteiger partial charge on any atom is 0.338 e. The van der Waals surface area contributed by atoms with E-state index in [-0.39, 0.29) is 17.5 Å². The first-order valence-corrected chi connectivity index (χ1v) is 12.9. The number of benzene rings is 3. The highest BCUT2D eigenvalue weighted by atomic mass is 16.5. The minimum absolute atomic E-state index is 0.0165. The van der Waals surface area contributed by atoms with Gasteiger partial charge in [-0.05, 0) is 77.3 Å². The first-order valence-electron chi connectivity index (χ1n) is 12.9. The van der Waals surface area contributed by atoms with Gasteiger partial charge >= 0.3 is 5.97 Å². The van der Waals surface area contributed by atoms with Crippen molar-refractivity contribution in [2.24, 2.45) is 11.8 Å². The van der Waals surface area contributed by atoms with Crippen LogP contribution in [0.15, 0.2) is 89.4 Å². The number of hydrogen-bond acceptors (Lipinski definition) is 5. The predicted molar refractivity (Wildman–Crippen MR) is 144 cm³/mol. The van der Waals surface area contributed by atoms with Crippen molar-refractivity contribution in [2.45, 2.75) is 45.1 Å². The van der Waals surface area contributed by atoms with Crippen LogP contribution in [0.1, 0.15) is 49.5 Å². The van der Waals surface area contributed by atoms with E-state index in [1.807, 2.05) is 60.7 Å². The number of rotatable bonds is 5. The van der Waals surface area contributed by atoms with Crippen LogP contribution in [0.4, 0.5) is 0 Å². The molecule has 3 atom stereocenters. The van der Waals surface area contributed by atoms with Crippen molar-refractivity contribution in [3.05, 3.63) is 96.1 Å². The SMILES string of the molecule is CC(C)(C)c1ccc(-c2nnc(-c3ccc(-c4ccc(C(=O)OC5CC6C=CC5C6)cc4)cc3)o2)cc1. The minimum Gasteiger partial charge on any atom is -0.458 e. The topological polar surface area (TPSA) is 65.2 Å². The van der Waals surface area contributed by atoms with E-state index in [9.17, 15) is 4.79 Å². The van der Waals surface area contributed by atoms with E-state index in [1.165, 1.54) is 5.56 Å². The molecule has 2 aliphatic carbocycles. The molecule has 5 nitrogen and oxygen atoms in total. The van der Waals surface area contributed by atoms with Crippen molar-refractivity contribution in [1.29, 1.82) is 0 Å². The van der Waals surface area contributed by atoms with Crippen LogP contribution < -0.4 is 0 Å². The van der Waals surface area contributed by atoms with Gasteiger partial charge in [0.25, 0.3) is 0 Å². The standard InChI is InChI=1S/C32H30N2O3/c1-32(2,3)27-16-14-24(15-17-27)30-34-33-29(37-30)23-10-6-21(7-11-23)22-8-12-25(13-9-22)31(35)36-28-19-20-4-5-26(28)18-20/h4-17,20,26,28H,18-19H2,1-3H3. The highest BCUT2D eigenvalue weighted by molar-refractivity contribution is 5.90. The van der Waals surface area contributed by atoms with E-state index >= 15 is 0 Å². The summed E-state index contributed by atoms with van der Waals surface area (Å²) in [5.41, 5.74) is 5.76. The Hall–Kier alpha value is -3.99. The largest absolute Gasteiger partial charge is 0.458 e. The molecule has 1 aromatic heterocycles. The quantitative estimate of drug-likeness (QED) is 0.214. The van der Waals surface area contributed by atoms with Crippen LogP contribution in [0, 0.1) is 11.8 Å². The van der Waals surface area contributed by atoms with Crippen molar-refractivity contribution < 1.29 is 13.9 Å². The molecule has 6 rings (SSSR count). The van der Waals surface area contributed by atoms with Gasteiger partial charge < -0.3 is 9.15 Å². The number of carbonyl (C=O) groups excluding carboxylic acids is 1. The third-order valence-electron chi connectivity index (χ3n) is 7.49. The van der Waals surface area contributed by atoms with E-state index in [1.54, 1.807) is 0 Å². The Morgan fingerprint density at radius 1 is 0.757 bits per heavy atom. The van der Waals surface area contributed by atoms with Gasteiger partial charge in [-0.25, -0.2) is 4.79 Å². The molecular formula is C32H30N2O3. The zero-order valence-corrected chi connectivity index (χ0v) is 21.3. The molecule has 0 aliphatic heterocycles. The molecular weight excluding hydrogens is 460 g/mol. The van der Waals surface area contributed by atoms with Gasteiger partial charge in [-0.2, -0.15) is 0 Å². The maximum atomic E-state index is 12.6. The molecule has 4 aromatic rings. The van der Waals surface area contributed by atoms with Gasteiger partial charge in [-0.3, -0.25) is 0 Å². The van der Waals surface area contributed by atoms with Crippen LogP contribution in [0.25, 0.3) is 34.0 Å². The highest BCUT2D eigenvalue weighted by Gasteiger charge is 2.38. The molecule has 0 N–H and O–H groups in total. The van der Waals surface area contributed by atoms with Gasteiger partial charge in [-0.15, -0.1) is 10.2 Å². The van der Waals surface area contributed by atoms with Gasteiger partial charge in [0.1, 0.15) is 6.10 Å². The average molecular weight is 491 g/mol. The molecule has 5 heteroatoms. The van der Waals surface area contributed by atoms with Crippen LogP contribution in [-0.4, -0.2) is 22.3 Å². The minimum atomic E-state index is -0.243. The Kier molecular flexibility index (Phi) is 5.79. The summed E-state index contributed by atoms with van der Waals surface area (Å²) in [5, 5.41) is 8.50. The van der Waals surface area contributed by atoms with E-state index < -0.39 is 0 Å². The van der Waals surface area contributed by atoms with Gasteiger partial charge in [0, 0.05) is 17.0 Å². The number of allylic oxidation sites excluding steroid dienone is 1. The second-order valence-electron chi connectivity index (χ2n) is 11.1. The summed E-state index contributed by atoms with van der Waals surface area (Å²) in [5.74, 6) is 1.70. The highest BCUT2D eigenvalue weighted by Crippen LogP contribution is 2.41. The summed E-state index contributed by atoms with van der Waals surface area (Å²) in [6, 6.07) is 23.8. The van der Waals surface area contributed by atoms with Crippen LogP contribution >= 0.6 is 0 Å². The molecule has 2 aliphatic rings. The normalized spacial score (nSPS) is 20.4. The van der Waals surface area contributed by atoms with Crippen LogP contribution in [0.5, 0.6) is 0 Å². The number of hydrogen-bond donors (Lipinski definition) is 0. The van der Waals surface area contributed by atoms with Crippen LogP contribution in [0.2, 0.25) is 0 Å². The Morgan fingerprint density at radius 2 is 1.30 bits per heavy atom. The zero-order valence-electron chi connectivity index (χ0n) is 21.3. The summed E-state index contributed by atoms with van der Waals surface area (Å²) < 4.78 is 11.7. The Balaban J connectivity index is 1.12. The van der Waals surface area contributed by atoms with E-state index in [0.29, 0.717) is 29.2 Å². The molecule has 2 bridgehead atoms. The van der Waals surface area contributed by atoms with Crippen molar-refractivity contribution >= 4 is 5.97 Å². The fourth-order valence-electron chi connectivity index (χ4n) is 5.24. The lowest BCUT2D eigenvalue weighted by atomic mass is 9.87. The number of nitrogens with zero attached hydrogens (tertiary/aromatic N) is 2.